The molecule has 4 aromatic rings. The summed E-state index contributed by atoms with van der Waals surface area (Å²) in [6.45, 7) is 2.51. The van der Waals surface area contributed by atoms with Crippen LogP contribution < -0.4 is 10.3 Å². The molecule has 0 fully saturated rings. The molecule has 0 amide bonds. The number of fused-ring (bicyclic) bond motifs is 3. The van der Waals surface area contributed by atoms with Gasteiger partial charge in [-0.3, -0.25) is 9.36 Å². The predicted molar refractivity (Wildman–Crippen MR) is 121 cm³/mol. The Bertz CT molecular complexity index is 1280. The Kier molecular flexibility index (Phi) is 4.70. The van der Waals surface area contributed by atoms with Gasteiger partial charge in [0, 0.05) is 30.4 Å². The van der Waals surface area contributed by atoms with Gasteiger partial charge in [-0.05, 0) is 61.9 Å². The second-order valence-electron chi connectivity index (χ2n) is 8.24. The van der Waals surface area contributed by atoms with Crippen LogP contribution in [-0.2, 0) is 26.5 Å². The van der Waals surface area contributed by atoms with E-state index in [9.17, 15) is 4.79 Å². The lowest BCUT2D eigenvalue weighted by Gasteiger charge is -2.12. The Hall–Kier alpha value is -3.27. The maximum atomic E-state index is 12.8. The molecule has 0 saturated heterocycles. The lowest BCUT2D eigenvalue weighted by molar-refractivity contribution is 0.305. The number of ether oxygens (including phenoxy) is 1. The normalized spacial score (nSPS) is 13.4. The average Bonchev–Trinajstić information content (AvgIpc) is 3.05. The average molecular weight is 399 g/mol. The Morgan fingerprint density at radius 1 is 0.967 bits per heavy atom. The zero-order chi connectivity index (χ0) is 20.7. The Labute approximate surface area is 176 Å². The number of aryl methyl sites for hydroxylation is 3. The van der Waals surface area contributed by atoms with E-state index >= 15 is 0 Å². The van der Waals surface area contributed by atoms with Crippen molar-refractivity contribution in [1.82, 2.24) is 9.13 Å². The summed E-state index contributed by atoms with van der Waals surface area (Å²) in [6.07, 6.45) is 6.61. The number of hydrogen-bond donors (Lipinski definition) is 0. The van der Waals surface area contributed by atoms with Gasteiger partial charge in [0.15, 0.2) is 0 Å². The summed E-state index contributed by atoms with van der Waals surface area (Å²) in [4.78, 5) is 12.8. The zero-order valence-corrected chi connectivity index (χ0v) is 17.5. The maximum absolute atomic E-state index is 12.8. The van der Waals surface area contributed by atoms with Gasteiger partial charge in [0.1, 0.15) is 12.4 Å². The molecule has 0 bridgehead atoms. The molecule has 4 heteroatoms. The van der Waals surface area contributed by atoms with Crippen molar-refractivity contribution in [1.29, 1.82) is 0 Å². The van der Waals surface area contributed by atoms with E-state index in [0.29, 0.717) is 12.4 Å². The van der Waals surface area contributed by atoms with Crippen molar-refractivity contribution in [3.05, 3.63) is 93.5 Å². The Morgan fingerprint density at radius 3 is 2.57 bits per heavy atom. The van der Waals surface area contributed by atoms with Crippen molar-refractivity contribution >= 4 is 10.9 Å². The van der Waals surface area contributed by atoms with Crippen molar-refractivity contribution in [2.45, 2.75) is 39.2 Å². The number of nitrogens with zero attached hydrogens (tertiary/aromatic N) is 2. The van der Waals surface area contributed by atoms with Crippen LogP contribution in [0, 0.1) is 6.92 Å². The van der Waals surface area contributed by atoms with E-state index in [0.717, 1.165) is 24.1 Å². The van der Waals surface area contributed by atoms with Crippen molar-refractivity contribution in [3.8, 4) is 11.4 Å². The maximum Gasteiger partial charge on any atom is 0.258 e. The molecular weight excluding hydrogens is 372 g/mol. The van der Waals surface area contributed by atoms with E-state index in [1.165, 1.54) is 40.6 Å². The molecule has 1 aliphatic carbocycles. The molecule has 2 heterocycles. The number of hydrogen-bond acceptors (Lipinski definition) is 2. The van der Waals surface area contributed by atoms with E-state index in [-0.39, 0.29) is 5.56 Å². The van der Waals surface area contributed by atoms with Crippen LogP contribution in [0.25, 0.3) is 16.6 Å². The summed E-state index contributed by atoms with van der Waals surface area (Å²) in [7, 11) is 2.14. The van der Waals surface area contributed by atoms with Crippen molar-refractivity contribution in [2.75, 3.05) is 0 Å². The molecule has 2 aromatic carbocycles. The summed E-state index contributed by atoms with van der Waals surface area (Å²) in [6, 6.07) is 18.0. The first-order valence-electron chi connectivity index (χ1n) is 10.6. The number of benzene rings is 2. The molecule has 0 unspecified atom stereocenters. The minimum atomic E-state index is -0.0882. The SMILES string of the molecule is Cc1ccc(COc2ccn(-c3ccc4c5c(n(C)c4c3)CCCC5)c(=O)c2)cc1. The van der Waals surface area contributed by atoms with Gasteiger partial charge in [0.25, 0.3) is 5.56 Å². The quantitative estimate of drug-likeness (QED) is 0.480. The van der Waals surface area contributed by atoms with Crippen LogP contribution in [0.4, 0.5) is 0 Å². The van der Waals surface area contributed by atoms with E-state index in [1.807, 2.05) is 24.3 Å². The molecule has 1 aliphatic rings. The molecule has 0 spiro atoms. The molecule has 30 heavy (non-hydrogen) atoms. The summed E-state index contributed by atoms with van der Waals surface area (Å²) in [5.74, 6) is 0.590. The van der Waals surface area contributed by atoms with Crippen LogP contribution >= 0.6 is 0 Å². The summed E-state index contributed by atoms with van der Waals surface area (Å²) in [5, 5.41) is 1.32. The fraction of sp³-hybridized carbons (Fsp3) is 0.269. The Morgan fingerprint density at radius 2 is 1.77 bits per heavy atom. The molecule has 0 atom stereocenters. The van der Waals surface area contributed by atoms with Crippen LogP contribution in [0.3, 0.4) is 0 Å². The molecular formula is C26H26N2O2. The first-order valence-corrected chi connectivity index (χ1v) is 10.6. The third-order valence-corrected chi connectivity index (χ3v) is 6.21. The summed E-state index contributed by atoms with van der Waals surface area (Å²) < 4.78 is 9.82. The molecule has 0 aliphatic heterocycles. The van der Waals surface area contributed by atoms with Gasteiger partial charge < -0.3 is 9.30 Å². The first kappa shape index (κ1) is 18.7. The van der Waals surface area contributed by atoms with Gasteiger partial charge in [-0.2, -0.15) is 0 Å². The van der Waals surface area contributed by atoms with Gasteiger partial charge in [-0.15, -0.1) is 0 Å². The monoisotopic (exact) mass is 398 g/mol. The Balaban J connectivity index is 1.43. The molecule has 152 valence electrons. The highest BCUT2D eigenvalue weighted by molar-refractivity contribution is 5.87. The highest BCUT2D eigenvalue weighted by Gasteiger charge is 2.18. The van der Waals surface area contributed by atoms with E-state index < -0.39 is 0 Å². The highest BCUT2D eigenvalue weighted by Crippen LogP contribution is 2.32. The van der Waals surface area contributed by atoms with Crippen molar-refractivity contribution < 1.29 is 4.74 Å². The standard InChI is InChI=1S/C26H26N2O2/c1-18-7-9-19(10-8-18)17-30-21-13-14-28(26(29)16-21)20-11-12-23-22-5-3-4-6-24(22)27(2)25(23)15-20/h7-16H,3-6,17H2,1-2H3. The van der Waals surface area contributed by atoms with Gasteiger partial charge in [-0.25, -0.2) is 0 Å². The van der Waals surface area contributed by atoms with Crippen LogP contribution in [0.15, 0.2) is 65.6 Å². The topological polar surface area (TPSA) is 36.2 Å². The minimum absolute atomic E-state index is 0.0882. The minimum Gasteiger partial charge on any atom is -0.489 e. The van der Waals surface area contributed by atoms with Crippen LogP contribution in [0.5, 0.6) is 5.75 Å². The lowest BCUT2D eigenvalue weighted by atomic mass is 9.95. The smallest absolute Gasteiger partial charge is 0.258 e. The molecule has 4 nitrogen and oxygen atoms in total. The lowest BCUT2D eigenvalue weighted by Crippen LogP contribution is -2.16. The number of rotatable bonds is 4. The number of pyridine rings is 1. The third-order valence-electron chi connectivity index (χ3n) is 6.21. The first-order chi connectivity index (χ1) is 14.6. The number of aromatic nitrogens is 2. The van der Waals surface area contributed by atoms with Crippen LogP contribution in [0.1, 0.15) is 35.2 Å². The fourth-order valence-electron chi connectivity index (χ4n) is 4.51. The second kappa shape index (κ2) is 7.52. The second-order valence-corrected chi connectivity index (χ2v) is 8.24. The summed E-state index contributed by atoms with van der Waals surface area (Å²) >= 11 is 0. The molecule has 0 radical (unpaired) electrons. The van der Waals surface area contributed by atoms with Gasteiger partial charge >= 0.3 is 0 Å². The molecule has 5 rings (SSSR count). The van der Waals surface area contributed by atoms with Crippen molar-refractivity contribution in [3.63, 3.8) is 0 Å². The van der Waals surface area contributed by atoms with E-state index in [2.05, 4.69) is 42.8 Å². The van der Waals surface area contributed by atoms with E-state index in [1.54, 1.807) is 16.8 Å². The molecule has 0 saturated carbocycles. The summed E-state index contributed by atoms with van der Waals surface area (Å²) in [5.41, 5.74) is 7.23. The molecule has 2 aromatic heterocycles. The zero-order valence-electron chi connectivity index (χ0n) is 17.5. The van der Waals surface area contributed by atoms with Gasteiger partial charge in [0.05, 0.1) is 11.2 Å². The van der Waals surface area contributed by atoms with Crippen LogP contribution in [0.2, 0.25) is 0 Å². The molecule has 0 N–H and O–H groups in total. The van der Waals surface area contributed by atoms with Gasteiger partial charge in [0.2, 0.25) is 0 Å². The third kappa shape index (κ3) is 3.32. The fourth-order valence-corrected chi connectivity index (χ4v) is 4.51. The largest absolute Gasteiger partial charge is 0.489 e. The van der Waals surface area contributed by atoms with E-state index in [4.69, 9.17) is 4.74 Å². The van der Waals surface area contributed by atoms with Gasteiger partial charge in [-0.1, -0.05) is 35.9 Å². The van der Waals surface area contributed by atoms with Crippen molar-refractivity contribution in [2.24, 2.45) is 7.05 Å². The van der Waals surface area contributed by atoms with Crippen LogP contribution in [-0.4, -0.2) is 9.13 Å². The highest BCUT2D eigenvalue weighted by atomic mass is 16.5. The predicted octanol–water partition coefficient (Wildman–Crippen LogP) is 5.10.